The Morgan fingerprint density at radius 3 is 3.00 bits per heavy atom. The predicted octanol–water partition coefficient (Wildman–Crippen LogP) is 0.660. The molecule has 2 aliphatic rings. The molecule has 2 aliphatic heterocycles. The molecular formula is C11H18N4. The first-order valence-electron chi connectivity index (χ1n) is 5.81. The molecule has 1 fully saturated rings. The third kappa shape index (κ3) is 1.48. The Balaban J connectivity index is 1.93. The topological polar surface area (TPSA) is 33.1 Å². The molecule has 3 rings (SSSR count). The highest BCUT2D eigenvalue weighted by atomic mass is 15.2. The molecule has 1 atom stereocenters. The average Bonchev–Trinajstić information content (AvgIpc) is 2.88. The van der Waals surface area contributed by atoms with Crippen molar-refractivity contribution in [2.45, 2.75) is 25.4 Å². The summed E-state index contributed by atoms with van der Waals surface area (Å²) in [5, 5.41) is 3.46. The number of fused-ring (bicyclic) bond motifs is 1. The molecule has 4 nitrogen and oxygen atoms in total. The number of hydrogen-bond donors (Lipinski definition) is 1. The minimum absolute atomic E-state index is 0.545. The van der Waals surface area contributed by atoms with Crippen LogP contribution in [0.2, 0.25) is 0 Å². The number of nitrogens with zero attached hydrogens (tertiary/aromatic N) is 3. The van der Waals surface area contributed by atoms with E-state index < -0.39 is 0 Å². The van der Waals surface area contributed by atoms with Crippen LogP contribution in [-0.2, 0) is 13.6 Å². The van der Waals surface area contributed by atoms with Crippen molar-refractivity contribution in [1.82, 2.24) is 19.8 Å². The quantitative estimate of drug-likeness (QED) is 0.733. The lowest BCUT2D eigenvalue weighted by molar-refractivity contribution is 0.220. The molecule has 0 saturated carbocycles. The Bertz CT molecular complexity index is 351. The van der Waals surface area contributed by atoms with Crippen LogP contribution in [0.15, 0.2) is 6.33 Å². The van der Waals surface area contributed by atoms with Crippen LogP contribution in [-0.4, -0.2) is 34.1 Å². The summed E-state index contributed by atoms with van der Waals surface area (Å²) in [7, 11) is 2.11. The lowest BCUT2D eigenvalue weighted by atomic mass is 10.1. The molecule has 1 saturated heterocycles. The van der Waals surface area contributed by atoms with Crippen molar-refractivity contribution in [3.8, 4) is 0 Å². The molecule has 0 spiro atoms. The van der Waals surface area contributed by atoms with E-state index in [9.17, 15) is 0 Å². The van der Waals surface area contributed by atoms with E-state index in [1.807, 2.05) is 6.33 Å². The van der Waals surface area contributed by atoms with Crippen molar-refractivity contribution >= 4 is 0 Å². The van der Waals surface area contributed by atoms with Gasteiger partial charge in [-0.3, -0.25) is 4.90 Å². The summed E-state index contributed by atoms with van der Waals surface area (Å²) in [4.78, 5) is 7.04. The predicted molar refractivity (Wildman–Crippen MR) is 58.5 cm³/mol. The van der Waals surface area contributed by atoms with Crippen molar-refractivity contribution in [2.75, 3.05) is 19.6 Å². The SMILES string of the molecule is Cn1cnc2c1C(N1CCCC1)CNC2. The summed E-state index contributed by atoms with van der Waals surface area (Å²) in [5.74, 6) is 0. The molecule has 0 aromatic carbocycles. The number of likely N-dealkylation sites (tertiary alicyclic amines) is 1. The van der Waals surface area contributed by atoms with E-state index in [2.05, 4.69) is 26.8 Å². The summed E-state index contributed by atoms with van der Waals surface area (Å²) in [6.07, 6.45) is 4.65. The number of hydrogen-bond acceptors (Lipinski definition) is 3. The van der Waals surface area contributed by atoms with Crippen LogP contribution in [0.3, 0.4) is 0 Å². The fourth-order valence-corrected chi connectivity index (χ4v) is 2.83. The Morgan fingerprint density at radius 1 is 1.40 bits per heavy atom. The molecule has 1 unspecified atom stereocenters. The van der Waals surface area contributed by atoms with Crippen molar-refractivity contribution in [3.63, 3.8) is 0 Å². The van der Waals surface area contributed by atoms with Gasteiger partial charge in [0.05, 0.1) is 23.8 Å². The average molecular weight is 206 g/mol. The maximum absolute atomic E-state index is 4.45. The van der Waals surface area contributed by atoms with Crippen LogP contribution >= 0.6 is 0 Å². The largest absolute Gasteiger partial charge is 0.336 e. The molecule has 0 aliphatic carbocycles. The van der Waals surface area contributed by atoms with E-state index >= 15 is 0 Å². The maximum Gasteiger partial charge on any atom is 0.0950 e. The van der Waals surface area contributed by atoms with Crippen LogP contribution in [0, 0.1) is 0 Å². The van der Waals surface area contributed by atoms with Crippen LogP contribution in [0.5, 0.6) is 0 Å². The molecule has 0 bridgehead atoms. The minimum Gasteiger partial charge on any atom is -0.336 e. The maximum atomic E-state index is 4.45. The van der Waals surface area contributed by atoms with Crippen LogP contribution < -0.4 is 5.32 Å². The zero-order valence-electron chi connectivity index (χ0n) is 9.24. The molecule has 1 N–H and O–H groups in total. The summed E-state index contributed by atoms with van der Waals surface area (Å²) in [5.41, 5.74) is 2.66. The van der Waals surface area contributed by atoms with Gasteiger partial charge in [0.25, 0.3) is 0 Å². The van der Waals surface area contributed by atoms with E-state index in [-0.39, 0.29) is 0 Å². The molecule has 1 aromatic rings. The number of imidazole rings is 1. The standard InChI is InChI=1S/C11H18N4/c1-14-8-13-9-6-12-7-10(11(9)14)15-4-2-3-5-15/h8,10,12H,2-7H2,1H3. The lowest BCUT2D eigenvalue weighted by Crippen LogP contribution is -2.39. The fraction of sp³-hybridized carbons (Fsp3) is 0.727. The number of rotatable bonds is 1. The second-order valence-electron chi connectivity index (χ2n) is 4.58. The molecule has 1 aromatic heterocycles. The van der Waals surface area contributed by atoms with E-state index in [0.717, 1.165) is 13.1 Å². The van der Waals surface area contributed by atoms with Crippen LogP contribution in [0.4, 0.5) is 0 Å². The molecule has 82 valence electrons. The van der Waals surface area contributed by atoms with E-state index in [1.165, 1.54) is 37.3 Å². The van der Waals surface area contributed by atoms with Crippen molar-refractivity contribution in [1.29, 1.82) is 0 Å². The van der Waals surface area contributed by atoms with E-state index in [4.69, 9.17) is 0 Å². The second kappa shape index (κ2) is 3.61. The lowest BCUT2D eigenvalue weighted by Gasteiger charge is -2.31. The van der Waals surface area contributed by atoms with Crippen molar-refractivity contribution in [3.05, 3.63) is 17.7 Å². The van der Waals surface area contributed by atoms with Gasteiger partial charge in [-0.25, -0.2) is 4.98 Å². The van der Waals surface area contributed by atoms with Gasteiger partial charge in [0.15, 0.2) is 0 Å². The Hall–Kier alpha value is -0.870. The fourth-order valence-electron chi connectivity index (χ4n) is 2.83. The minimum atomic E-state index is 0.545. The molecule has 0 amide bonds. The van der Waals surface area contributed by atoms with Gasteiger partial charge in [0, 0.05) is 20.1 Å². The summed E-state index contributed by atoms with van der Waals surface area (Å²) < 4.78 is 2.19. The van der Waals surface area contributed by atoms with Gasteiger partial charge in [-0.1, -0.05) is 0 Å². The highest BCUT2D eigenvalue weighted by Crippen LogP contribution is 2.28. The van der Waals surface area contributed by atoms with Gasteiger partial charge in [0.2, 0.25) is 0 Å². The van der Waals surface area contributed by atoms with Crippen LogP contribution in [0.1, 0.15) is 30.3 Å². The molecule has 15 heavy (non-hydrogen) atoms. The molecule has 3 heterocycles. The third-order valence-electron chi connectivity index (χ3n) is 3.59. The zero-order chi connectivity index (χ0) is 10.3. The van der Waals surface area contributed by atoms with E-state index in [0.29, 0.717) is 6.04 Å². The third-order valence-corrected chi connectivity index (χ3v) is 3.59. The van der Waals surface area contributed by atoms with Gasteiger partial charge in [0.1, 0.15) is 0 Å². The monoisotopic (exact) mass is 206 g/mol. The second-order valence-corrected chi connectivity index (χ2v) is 4.58. The van der Waals surface area contributed by atoms with Crippen molar-refractivity contribution in [2.24, 2.45) is 7.05 Å². The first-order chi connectivity index (χ1) is 7.36. The number of aryl methyl sites for hydroxylation is 1. The molecular weight excluding hydrogens is 188 g/mol. The zero-order valence-corrected chi connectivity index (χ0v) is 9.24. The normalized spacial score (nSPS) is 26.9. The first kappa shape index (κ1) is 9.36. The van der Waals surface area contributed by atoms with Crippen molar-refractivity contribution < 1.29 is 0 Å². The summed E-state index contributed by atoms with van der Waals surface area (Å²) >= 11 is 0. The molecule has 4 heteroatoms. The Labute approximate surface area is 90.3 Å². The van der Waals surface area contributed by atoms with Crippen LogP contribution in [0.25, 0.3) is 0 Å². The summed E-state index contributed by atoms with van der Waals surface area (Å²) in [6.45, 7) is 4.50. The number of nitrogens with one attached hydrogen (secondary N) is 1. The van der Waals surface area contributed by atoms with Gasteiger partial charge >= 0.3 is 0 Å². The smallest absolute Gasteiger partial charge is 0.0950 e. The number of aromatic nitrogens is 2. The highest BCUT2D eigenvalue weighted by Gasteiger charge is 2.30. The Kier molecular flexibility index (Phi) is 2.25. The highest BCUT2D eigenvalue weighted by molar-refractivity contribution is 5.21. The first-order valence-corrected chi connectivity index (χ1v) is 5.81. The van der Waals surface area contributed by atoms with Gasteiger partial charge in [-0.2, -0.15) is 0 Å². The van der Waals surface area contributed by atoms with Gasteiger partial charge in [-0.15, -0.1) is 0 Å². The molecule has 0 radical (unpaired) electrons. The van der Waals surface area contributed by atoms with Gasteiger partial charge < -0.3 is 9.88 Å². The summed E-state index contributed by atoms with van der Waals surface area (Å²) in [6, 6.07) is 0.545. The van der Waals surface area contributed by atoms with E-state index in [1.54, 1.807) is 0 Å². The Morgan fingerprint density at radius 2 is 2.20 bits per heavy atom. The van der Waals surface area contributed by atoms with Gasteiger partial charge in [-0.05, 0) is 25.9 Å².